The van der Waals surface area contributed by atoms with Crippen molar-refractivity contribution in [1.29, 1.82) is 0 Å². The van der Waals surface area contributed by atoms with Gasteiger partial charge in [-0.15, -0.1) is 0 Å². The highest BCUT2D eigenvalue weighted by molar-refractivity contribution is 5.92. The minimum Gasteiger partial charge on any atom is -0.379 e. The zero-order valence-corrected chi connectivity index (χ0v) is 14.0. The molecule has 1 amide bonds. The Morgan fingerprint density at radius 2 is 2.16 bits per heavy atom. The van der Waals surface area contributed by atoms with E-state index in [9.17, 15) is 4.79 Å². The van der Waals surface area contributed by atoms with Gasteiger partial charge in [0.05, 0.1) is 13.2 Å². The Hall–Kier alpha value is -2.58. The Labute approximate surface area is 146 Å². The molecule has 0 aliphatic carbocycles. The third-order valence-electron chi connectivity index (χ3n) is 3.91. The second-order valence-corrected chi connectivity index (χ2v) is 5.71. The number of pyridine rings is 1. The van der Waals surface area contributed by atoms with E-state index in [0.717, 1.165) is 38.4 Å². The lowest BCUT2D eigenvalue weighted by Crippen LogP contribution is -2.41. The standard InChI is InChI=1S/C17H22N6O2/c24-17(19-4-5-23-6-8-25-9-7-23)15-10-16(22-13-21-15)20-12-14-2-1-3-18-11-14/h1-3,10-11,13H,4-9,12H2,(H,19,24)(H,20,21,22). The number of nitrogens with zero attached hydrogens (tertiary/aromatic N) is 4. The van der Waals surface area contributed by atoms with Crippen LogP contribution in [-0.4, -0.2) is 65.2 Å². The molecule has 0 spiro atoms. The molecule has 3 rings (SSSR count). The molecule has 25 heavy (non-hydrogen) atoms. The van der Waals surface area contributed by atoms with Gasteiger partial charge in [-0.25, -0.2) is 9.97 Å². The summed E-state index contributed by atoms with van der Waals surface area (Å²) < 4.78 is 5.31. The van der Waals surface area contributed by atoms with Gasteiger partial charge in [-0.2, -0.15) is 0 Å². The molecule has 0 atom stereocenters. The van der Waals surface area contributed by atoms with Crippen molar-refractivity contribution in [2.45, 2.75) is 6.54 Å². The molecule has 2 aromatic rings. The first-order valence-electron chi connectivity index (χ1n) is 8.34. The van der Waals surface area contributed by atoms with Gasteiger partial charge in [0, 0.05) is 51.2 Å². The van der Waals surface area contributed by atoms with Crippen LogP contribution in [0.2, 0.25) is 0 Å². The Morgan fingerprint density at radius 1 is 1.28 bits per heavy atom. The van der Waals surface area contributed by atoms with Gasteiger partial charge in [-0.3, -0.25) is 14.7 Å². The molecule has 8 nitrogen and oxygen atoms in total. The fourth-order valence-corrected chi connectivity index (χ4v) is 2.52. The zero-order valence-electron chi connectivity index (χ0n) is 14.0. The molecule has 8 heteroatoms. The Bertz CT molecular complexity index is 676. The molecule has 1 fully saturated rings. The van der Waals surface area contributed by atoms with Crippen LogP contribution in [-0.2, 0) is 11.3 Å². The van der Waals surface area contributed by atoms with Gasteiger partial charge >= 0.3 is 0 Å². The van der Waals surface area contributed by atoms with Gasteiger partial charge in [0.15, 0.2) is 0 Å². The van der Waals surface area contributed by atoms with Crippen molar-refractivity contribution in [2.24, 2.45) is 0 Å². The average molecular weight is 342 g/mol. The highest BCUT2D eigenvalue weighted by atomic mass is 16.5. The molecule has 0 bridgehead atoms. The van der Waals surface area contributed by atoms with E-state index in [0.29, 0.717) is 24.6 Å². The van der Waals surface area contributed by atoms with Crippen LogP contribution in [0.1, 0.15) is 16.1 Å². The highest BCUT2D eigenvalue weighted by Crippen LogP contribution is 2.06. The van der Waals surface area contributed by atoms with Crippen LogP contribution < -0.4 is 10.6 Å². The maximum Gasteiger partial charge on any atom is 0.270 e. The van der Waals surface area contributed by atoms with Crippen LogP contribution in [0.4, 0.5) is 5.82 Å². The van der Waals surface area contributed by atoms with Crippen LogP contribution >= 0.6 is 0 Å². The Balaban J connectivity index is 1.47. The third-order valence-corrected chi connectivity index (χ3v) is 3.91. The Kier molecular flexibility index (Phi) is 6.24. The van der Waals surface area contributed by atoms with Gasteiger partial charge in [-0.05, 0) is 11.6 Å². The van der Waals surface area contributed by atoms with E-state index in [-0.39, 0.29) is 5.91 Å². The molecule has 0 radical (unpaired) electrons. The van der Waals surface area contributed by atoms with E-state index in [4.69, 9.17) is 4.74 Å². The summed E-state index contributed by atoms with van der Waals surface area (Å²) in [5, 5.41) is 6.07. The van der Waals surface area contributed by atoms with E-state index in [2.05, 4.69) is 30.5 Å². The fraction of sp³-hybridized carbons (Fsp3) is 0.412. The molecule has 0 aromatic carbocycles. The number of anilines is 1. The average Bonchev–Trinajstić information content (AvgIpc) is 2.68. The van der Waals surface area contributed by atoms with Crippen LogP contribution in [0.25, 0.3) is 0 Å². The number of amides is 1. The second kappa shape index (κ2) is 9.05. The zero-order chi connectivity index (χ0) is 17.3. The predicted octanol–water partition coefficient (Wildman–Crippen LogP) is 0.546. The van der Waals surface area contributed by atoms with Crippen molar-refractivity contribution in [3.05, 3.63) is 48.2 Å². The maximum absolute atomic E-state index is 12.2. The van der Waals surface area contributed by atoms with E-state index in [1.807, 2.05) is 12.1 Å². The lowest BCUT2D eigenvalue weighted by Gasteiger charge is -2.26. The van der Waals surface area contributed by atoms with Crippen molar-refractivity contribution in [1.82, 2.24) is 25.2 Å². The second-order valence-electron chi connectivity index (χ2n) is 5.71. The molecule has 2 N–H and O–H groups in total. The van der Waals surface area contributed by atoms with Crippen molar-refractivity contribution in [3.63, 3.8) is 0 Å². The maximum atomic E-state index is 12.2. The van der Waals surface area contributed by atoms with Crippen LogP contribution in [0.15, 0.2) is 36.9 Å². The quantitative estimate of drug-likeness (QED) is 0.759. The molecule has 3 heterocycles. The number of hydrogen-bond acceptors (Lipinski definition) is 7. The number of morpholine rings is 1. The van der Waals surface area contributed by atoms with Crippen LogP contribution in [0.5, 0.6) is 0 Å². The molecule has 0 unspecified atom stereocenters. The number of hydrogen-bond donors (Lipinski definition) is 2. The van der Waals surface area contributed by atoms with E-state index in [1.54, 1.807) is 18.5 Å². The van der Waals surface area contributed by atoms with Gasteiger partial charge in [-0.1, -0.05) is 6.07 Å². The van der Waals surface area contributed by atoms with Gasteiger partial charge in [0.25, 0.3) is 5.91 Å². The molecule has 1 saturated heterocycles. The topological polar surface area (TPSA) is 92.3 Å². The lowest BCUT2D eigenvalue weighted by molar-refractivity contribution is 0.0383. The first kappa shape index (κ1) is 17.2. The van der Waals surface area contributed by atoms with Gasteiger partial charge in [0.1, 0.15) is 17.8 Å². The fourth-order valence-electron chi connectivity index (χ4n) is 2.52. The van der Waals surface area contributed by atoms with Crippen molar-refractivity contribution in [3.8, 4) is 0 Å². The van der Waals surface area contributed by atoms with Crippen LogP contribution in [0.3, 0.4) is 0 Å². The molecule has 1 aliphatic heterocycles. The Morgan fingerprint density at radius 3 is 2.96 bits per heavy atom. The molecular weight excluding hydrogens is 320 g/mol. The number of aromatic nitrogens is 3. The molecule has 1 aliphatic rings. The monoisotopic (exact) mass is 342 g/mol. The van der Waals surface area contributed by atoms with Crippen molar-refractivity contribution >= 4 is 11.7 Å². The number of nitrogens with one attached hydrogen (secondary N) is 2. The van der Waals surface area contributed by atoms with E-state index < -0.39 is 0 Å². The summed E-state index contributed by atoms with van der Waals surface area (Å²) in [5.74, 6) is 0.414. The molecule has 2 aromatic heterocycles. The first-order chi connectivity index (χ1) is 12.3. The first-order valence-corrected chi connectivity index (χ1v) is 8.34. The van der Waals surface area contributed by atoms with Crippen molar-refractivity contribution < 1.29 is 9.53 Å². The lowest BCUT2D eigenvalue weighted by atomic mass is 10.3. The van der Waals surface area contributed by atoms with Gasteiger partial charge < -0.3 is 15.4 Å². The number of ether oxygens (including phenoxy) is 1. The molecule has 0 saturated carbocycles. The SMILES string of the molecule is O=C(NCCN1CCOCC1)c1cc(NCc2cccnc2)ncn1. The summed E-state index contributed by atoms with van der Waals surface area (Å²) in [7, 11) is 0. The normalized spacial score (nSPS) is 14.9. The smallest absolute Gasteiger partial charge is 0.270 e. The van der Waals surface area contributed by atoms with Crippen molar-refractivity contribution in [2.75, 3.05) is 44.7 Å². The largest absolute Gasteiger partial charge is 0.379 e. The molecule has 132 valence electrons. The van der Waals surface area contributed by atoms with Crippen LogP contribution in [0, 0.1) is 0 Å². The minimum atomic E-state index is -0.194. The summed E-state index contributed by atoms with van der Waals surface area (Å²) in [5.41, 5.74) is 1.39. The minimum absolute atomic E-state index is 0.194. The highest BCUT2D eigenvalue weighted by Gasteiger charge is 2.12. The predicted molar refractivity (Wildman–Crippen MR) is 93.2 cm³/mol. The number of rotatable bonds is 7. The summed E-state index contributed by atoms with van der Waals surface area (Å²) in [6.07, 6.45) is 4.91. The summed E-state index contributed by atoms with van der Waals surface area (Å²) >= 11 is 0. The van der Waals surface area contributed by atoms with E-state index in [1.165, 1.54) is 6.33 Å². The van der Waals surface area contributed by atoms with Gasteiger partial charge in [0.2, 0.25) is 0 Å². The summed E-state index contributed by atoms with van der Waals surface area (Å²) in [6.45, 7) is 5.31. The van der Waals surface area contributed by atoms with E-state index >= 15 is 0 Å². The summed E-state index contributed by atoms with van der Waals surface area (Å²) in [4.78, 5) is 26.8. The molecular formula is C17H22N6O2. The number of carbonyl (C=O) groups is 1. The number of carbonyl (C=O) groups excluding carboxylic acids is 1. The summed E-state index contributed by atoms with van der Waals surface area (Å²) in [6, 6.07) is 5.51. The third kappa shape index (κ3) is 5.47.